The number of rotatable bonds is 22. The molecule has 0 spiro atoms. The minimum atomic E-state index is -4.66. The van der Waals surface area contributed by atoms with Crippen molar-refractivity contribution in [1.82, 2.24) is 34.7 Å². The molecule has 4 aliphatic heterocycles. The summed E-state index contributed by atoms with van der Waals surface area (Å²) in [7, 11) is -4.66. The van der Waals surface area contributed by atoms with Gasteiger partial charge in [-0.2, -0.15) is 0 Å². The van der Waals surface area contributed by atoms with E-state index in [0.29, 0.717) is 85.5 Å². The number of nitro benzene ring substituents is 1. The number of carbonyl (C=O) groups excluding carboxylic acids is 6. The molecule has 466 valence electrons. The number of H-pyrrole nitrogens is 1. The Hall–Kier alpha value is -8.12. The third kappa shape index (κ3) is 14.5. The minimum absolute atomic E-state index is 0.0473. The topological polar surface area (TPSA) is 267 Å². The lowest BCUT2D eigenvalue weighted by Gasteiger charge is -2.39. The Labute approximate surface area is 525 Å². The highest BCUT2D eigenvalue weighted by Gasteiger charge is 2.46. The maximum absolute atomic E-state index is 14.2. The monoisotopic (exact) mass is 1270 g/mol. The lowest BCUT2D eigenvalue weighted by atomic mass is 9.72. The highest BCUT2D eigenvalue weighted by atomic mass is 35.5. The zero-order valence-electron chi connectivity index (χ0n) is 49.7. The molecule has 4 aromatic carbocycles. The van der Waals surface area contributed by atoms with Crippen LogP contribution in [0.3, 0.4) is 0 Å². The van der Waals surface area contributed by atoms with Crippen LogP contribution in [0.5, 0.6) is 11.5 Å². The molecule has 24 heteroatoms. The number of nitro groups is 1. The maximum atomic E-state index is 14.2. The molecule has 6 heterocycles. The van der Waals surface area contributed by atoms with Gasteiger partial charge in [0.25, 0.3) is 33.4 Å². The Morgan fingerprint density at radius 1 is 0.876 bits per heavy atom. The number of imide groups is 2. The van der Waals surface area contributed by atoms with E-state index < -0.39 is 61.1 Å². The Morgan fingerprint density at radius 2 is 1.65 bits per heavy atom. The summed E-state index contributed by atoms with van der Waals surface area (Å²) in [6.07, 6.45) is 11.4. The number of allylic oxidation sites excluding steroid dienone is 1. The molecule has 3 fully saturated rings. The molecular weight excluding hydrogens is 1200 g/mol. The van der Waals surface area contributed by atoms with Gasteiger partial charge in [0, 0.05) is 105 Å². The SMILES string of the molecule is CC1(C)CCC(CN2CCN(c3ccc(C(=O)NS(=O)(=O)c4ccc(NCC5CCN(C(=O)CCCCCCSc6cccc7c6C(=O)N(C6CCC(=O)NC6=O)C7=O)CC5)c([N+](=O)[O-])c4)c(Oc4cnc5[nH]ccc5c4)c3)CC2)=C(c2ccc(Cl)cc2)C1. The van der Waals surface area contributed by atoms with Gasteiger partial charge in [0.05, 0.1) is 32.7 Å². The summed E-state index contributed by atoms with van der Waals surface area (Å²) >= 11 is 7.74. The zero-order valence-corrected chi connectivity index (χ0v) is 52.1. The average Bonchev–Trinajstić information content (AvgIpc) is 1.64. The van der Waals surface area contributed by atoms with Gasteiger partial charge in [0.2, 0.25) is 17.7 Å². The second kappa shape index (κ2) is 26.9. The van der Waals surface area contributed by atoms with E-state index in [1.165, 1.54) is 52.9 Å². The summed E-state index contributed by atoms with van der Waals surface area (Å²) in [4.78, 5) is 105. The summed E-state index contributed by atoms with van der Waals surface area (Å²) in [5, 5.41) is 19.3. The van der Waals surface area contributed by atoms with E-state index in [0.717, 1.165) is 80.2 Å². The molecule has 2 aromatic heterocycles. The van der Waals surface area contributed by atoms with Crippen LogP contribution in [-0.4, -0.2) is 138 Å². The molecule has 21 nitrogen and oxygen atoms in total. The van der Waals surface area contributed by atoms with Crippen molar-refractivity contribution in [2.75, 3.05) is 68.3 Å². The summed E-state index contributed by atoms with van der Waals surface area (Å²) in [5.74, 6) is -1.91. The number of benzene rings is 4. The highest BCUT2D eigenvalue weighted by Crippen LogP contribution is 2.44. The number of nitrogens with zero attached hydrogens (tertiary/aromatic N) is 6. The molecule has 1 aliphatic carbocycles. The standard InChI is InChI=1S/C65H71ClN10O11S2/c1-65(2)25-21-44(51(37-65)42-11-13-45(66)14-12-42)40-72-29-31-73(32-30-72)46-15-17-49(55(35-46)87-47-34-43-22-26-67-60(43)69-39-47)61(79)71-89(85,86)48-16-18-52(54(36-48)76(83)84)68-38-41-23-27-74(28-24-41)58(78)10-5-3-4-6-33-88-56-9-7-8-50-59(56)64(82)75(63(50)81)53-19-20-57(77)70-62(53)80/h7-9,11-18,22,26,34-36,39,41,53,68H,3-6,10,19-21,23-25,27-33,37-38,40H2,1-2H3,(H,67,69)(H,71,79)(H,70,77,80). The number of likely N-dealkylation sites (tertiary alicyclic amines) is 1. The molecule has 5 aliphatic rings. The number of hydrogen-bond acceptors (Lipinski definition) is 16. The van der Waals surface area contributed by atoms with Crippen LogP contribution in [0.15, 0.2) is 119 Å². The summed E-state index contributed by atoms with van der Waals surface area (Å²) in [6.45, 7) is 9.88. The predicted molar refractivity (Wildman–Crippen MR) is 340 cm³/mol. The average molecular weight is 1270 g/mol. The van der Waals surface area contributed by atoms with E-state index >= 15 is 0 Å². The quantitative estimate of drug-likeness (QED) is 0.0162. The number of hydrogen-bond donors (Lipinski definition) is 4. The molecule has 4 N–H and O–H groups in total. The number of pyridine rings is 1. The summed E-state index contributed by atoms with van der Waals surface area (Å²) < 4.78 is 36.5. The van der Waals surface area contributed by atoms with E-state index in [-0.39, 0.29) is 58.2 Å². The molecule has 6 aromatic rings. The van der Waals surface area contributed by atoms with Gasteiger partial charge in [0.1, 0.15) is 28.9 Å². The third-order valence-electron chi connectivity index (χ3n) is 17.6. The van der Waals surface area contributed by atoms with Crippen LogP contribution >= 0.6 is 23.4 Å². The van der Waals surface area contributed by atoms with E-state index in [4.69, 9.17) is 16.3 Å². The van der Waals surface area contributed by atoms with Gasteiger partial charge in [0.15, 0.2) is 0 Å². The number of piperidine rings is 2. The number of halogens is 1. The molecule has 0 radical (unpaired) electrons. The van der Waals surface area contributed by atoms with Gasteiger partial charge >= 0.3 is 0 Å². The molecule has 89 heavy (non-hydrogen) atoms. The number of unbranched alkanes of at least 4 members (excludes halogenated alkanes) is 3. The number of sulfonamides is 1. The van der Waals surface area contributed by atoms with Crippen LogP contribution in [-0.2, 0) is 24.4 Å². The Kier molecular flexibility index (Phi) is 18.9. The van der Waals surface area contributed by atoms with E-state index in [2.05, 4.69) is 61.1 Å². The first-order valence-corrected chi connectivity index (χ1v) is 33.2. The number of anilines is 2. The number of piperazine rings is 1. The first-order valence-electron chi connectivity index (χ1n) is 30.3. The molecular formula is C65H71ClN10O11S2. The van der Waals surface area contributed by atoms with Gasteiger partial charge in [-0.1, -0.05) is 62.1 Å². The maximum Gasteiger partial charge on any atom is 0.293 e. The number of nitrogens with one attached hydrogen (secondary N) is 4. The number of aromatic nitrogens is 2. The second-order valence-electron chi connectivity index (χ2n) is 24.3. The largest absolute Gasteiger partial charge is 0.455 e. The lowest BCUT2D eigenvalue weighted by molar-refractivity contribution is -0.384. The van der Waals surface area contributed by atoms with Gasteiger partial charge in [-0.3, -0.25) is 54.0 Å². The van der Waals surface area contributed by atoms with Crippen LogP contribution in [0.25, 0.3) is 16.6 Å². The Balaban J connectivity index is 0.655. The first kappa shape index (κ1) is 62.5. The molecule has 0 bridgehead atoms. The molecule has 11 rings (SSSR count). The van der Waals surface area contributed by atoms with Gasteiger partial charge in [-0.15, -0.1) is 11.8 Å². The smallest absolute Gasteiger partial charge is 0.293 e. The molecule has 1 unspecified atom stereocenters. The normalized spacial score (nSPS) is 18.3. The van der Waals surface area contributed by atoms with Crippen LogP contribution in [0, 0.1) is 21.4 Å². The summed E-state index contributed by atoms with van der Waals surface area (Å²) in [5.41, 5.74) is 5.75. The van der Waals surface area contributed by atoms with Crippen molar-refractivity contribution in [2.45, 2.75) is 107 Å². The summed E-state index contributed by atoms with van der Waals surface area (Å²) in [6, 6.07) is 24.3. The Morgan fingerprint density at radius 3 is 2.42 bits per heavy atom. The van der Waals surface area contributed by atoms with E-state index in [1.54, 1.807) is 42.6 Å². The fraction of sp³-hybridized carbons (Fsp3) is 0.400. The molecule has 6 amide bonds. The molecule has 0 saturated carbocycles. The van der Waals surface area contributed by atoms with Crippen molar-refractivity contribution in [3.05, 3.63) is 146 Å². The van der Waals surface area contributed by atoms with Crippen molar-refractivity contribution < 1.29 is 46.8 Å². The van der Waals surface area contributed by atoms with Crippen molar-refractivity contribution in [2.24, 2.45) is 11.3 Å². The van der Waals surface area contributed by atoms with Crippen LogP contribution < -0.4 is 25.0 Å². The number of amides is 6. The van der Waals surface area contributed by atoms with Crippen molar-refractivity contribution in [3.63, 3.8) is 0 Å². The first-order chi connectivity index (χ1) is 42.8. The van der Waals surface area contributed by atoms with Crippen molar-refractivity contribution in [3.8, 4) is 11.5 Å². The molecule has 3 saturated heterocycles. The number of thioether (sulfide) groups is 1. The fourth-order valence-electron chi connectivity index (χ4n) is 12.5. The number of fused-ring (bicyclic) bond motifs is 2. The van der Waals surface area contributed by atoms with E-state index in [1.807, 2.05) is 23.1 Å². The molecule has 1 atom stereocenters. The minimum Gasteiger partial charge on any atom is -0.455 e. The van der Waals surface area contributed by atoms with E-state index in [9.17, 15) is 47.3 Å². The van der Waals surface area contributed by atoms with Gasteiger partial charge in [-0.25, -0.2) is 18.1 Å². The van der Waals surface area contributed by atoms with Crippen LogP contribution in [0.2, 0.25) is 5.02 Å². The van der Waals surface area contributed by atoms with Crippen molar-refractivity contribution in [1.29, 1.82) is 0 Å². The highest BCUT2D eigenvalue weighted by molar-refractivity contribution is 7.99. The van der Waals surface area contributed by atoms with Gasteiger partial charge in [-0.05, 0) is 140 Å². The number of aromatic amines is 1. The Bertz CT molecular complexity index is 3890. The number of ether oxygens (including phenoxy) is 1. The van der Waals surface area contributed by atoms with Crippen LogP contribution in [0.1, 0.15) is 128 Å². The zero-order chi connectivity index (χ0) is 62.6. The van der Waals surface area contributed by atoms with Crippen molar-refractivity contribution >= 4 is 102 Å². The van der Waals surface area contributed by atoms with Gasteiger partial charge < -0.3 is 24.8 Å². The third-order valence-corrected chi connectivity index (χ3v) is 20.3. The van der Waals surface area contributed by atoms with Crippen LogP contribution in [0.4, 0.5) is 17.1 Å². The lowest BCUT2D eigenvalue weighted by Crippen LogP contribution is -2.54. The predicted octanol–water partition coefficient (Wildman–Crippen LogP) is 10.6. The number of carbonyl (C=O) groups is 6. The fourth-order valence-corrected chi connectivity index (χ4v) is 14.7. The second-order valence-corrected chi connectivity index (χ2v) is 27.5.